The predicted octanol–water partition coefficient (Wildman–Crippen LogP) is 16.7. The molecule has 6 nitrogen and oxygen atoms in total. The zero-order valence-electron chi connectivity index (χ0n) is 39.5. The molecule has 0 amide bonds. The van der Waals surface area contributed by atoms with E-state index in [4.69, 9.17) is 14.2 Å². The molecule has 0 N–H and O–H groups in total. The van der Waals surface area contributed by atoms with Gasteiger partial charge in [0, 0.05) is 19.3 Å². The van der Waals surface area contributed by atoms with Crippen LogP contribution in [0, 0.1) is 5.92 Å². The maximum absolute atomic E-state index is 12.8. The van der Waals surface area contributed by atoms with Crippen LogP contribution in [0.3, 0.4) is 0 Å². The molecule has 0 aliphatic rings. The Labute approximate surface area is 361 Å². The number of carbonyl (C=O) groups is 3. The topological polar surface area (TPSA) is 78.9 Å². The molecule has 0 aromatic heterocycles. The van der Waals surface area contributed by atoms with Gasteiger partial charge in [-0.25, -0.2) is 0 Å². The normalized spacial score (nSPS) is 12.4. The van der Waals surface area contributed by atoms with Crippen LogP contribution >= 0.6 is 0 Å². The van der Waals surface area contributed by atoms with E-state index >= 15 is 0 Å². The van der Waals surface area contributed by atoms with Gasteiger partial charge in [-0.15, -0.1) is 0 Å². The van der Waals surface area contributed by atoms with Crippen molar-refractivity contribution in [1.82, 2.24) is 0 Å². The molecule has 6 heteroatoms. The molecule has 0 saturated heterocycles. The molecule has 0 bridgehead atoms. The van der Waals surface area contributed by atoms with Gasteiger partial charge in [-0.2, -0.15) is 0 Å². The Kier molecular flexibility index (Phi) is 45.2. The molecule has 0 aromatic rings. The van der Waals surface area contributed by atoms with E-state index in [1.807, 2.05) is 0 Å². The molecule has 0 radical (unpaired) electrons. The summed E-state index contributed by atoms with van der Waals surface area (Å²) in [6, 6.07) is 0. The van der Waals surface area contributed by atoms with Crippen molar-refractivity contribution in [2.45, 2.75) is 297 Å². The van der Waals surface area contributed by atoms with Crippen molar-refractivity contribution in [3.05, 3.63) is 0 Å². The van der Waals surface area contributed by atoms with Crippen LogP contribution in [0.2, 0.25) is 0 Å². The first-order valence-electron chi connectivity index (χ1n) is 25.9. The summed E-state index contributed by atoms with van der Waals surface area (Å²) in [5, 5.41) is 0. The van der Waals surface area contributed by atoms with Crippen LogP contribution in [-0.4, -0.2) is 37.2 Å². The monoisotopic (exact) mass is 821 g/mol. The molecule has 0 spiro atoms. The van der Waals surface area contributed by atoms with Gasteiger partial charge in [0.25, 0.3) is 0 Å². The smallest absolute Gasteiger partial charge is 0.306 e. The third-order valence-electron chi connectivity index (χ3n) is 12.2. The number of ether oxygens (including phenoxy) is 3. The van der Waals surface area contributed by atoms with Crippen molar-refractivity contribution in [2.24, 2.45) is 5.92 Å². The molecule has 0 rings (SSSR count). The van der Waals surface area contributed by atoms with E-state index in [0.717, 1.165) is 63.7 Å². The van der Waals surface area contributed by atoms with E-state index in [2.05, 4.69) is 27.7 Å². The molecule has 58 heavy (non-hydrogen) atoms. The van der Waals surface area contributed by atoms with Crippen LogP contribution in [0.25, 0.3) is 0 Å². The molecule has 2 atom stereocenters. The predicted molar refractivity (Wildman–Crippen MR) is 247 cm³/mol. The summed E-state index contributed by atoms with van der Waals surface area (Å²) in [7, 11) is 0. The molecule has 0 aliphatic heterocycles. The van der Waals surface area contributed by atoms with E-state index in [9.17, 15) is 14.4 Å². The Bertz CT molecular complexity index is 874. The molecule has 0 heterocycles. The van der Waals surface area contributed by atoms with E-state index in [-0.39, 0.29) is 31.1 Å². The highest BCUT2D eigenvalue weighted by molar-refractivity contribution is 5.71. The SMILES string of the molecule is CCCCCCCCCCCCCCCCCCC(=O)O[C@H](COC(=O)CCCCCCCCCCCCCCCC)COC(=O)CCCCCCCCC(C)CC. The summed E-state index contributed by atoms with van der Waals surface area (Å²) in [5.74, 6) is -0.0329. The first kappa shape index (κ1) is 56.4. The maximum atomic E-state index is 12.8. The van der Waals surface area contributed by atoms with Gasteiger partial charge in [0.05, 0.1) is 0 Å². The number of carbonyl (C=O) groups excluding carboxylic acids is 3. The molecule has 344 valence electrons. The van der Waals surface area contributed by atoms with Crippen LogP contribution in [0.1, 0.15) is 291 Å². The summed E-state index contributed by atoms with van der Waals surface area (Å²) in [5.41, 5.74) is 0. The van der Waals surface area contributed by atoms with Gasteiger partial charge in [0.15, 0.2) is 6.10 Å². The number of hydrogen-bond acceptors (Lipinski definition) is 6. The average Bonchev–Trinajstić information content (AvgIpc) is 3.22. The Morgan fingerprint density at radius 3 is 0.897 bits per heavy atom. The first-order chi connectivity index (χ1) is 28.4. The van der Waals surface area contributed by atoms with Crippen molar-refractivity contribution in [2.75, 3.05) is 13.2 Å². The van der Waals surface area contributed by atoms with Gasteiger partial charge in [0.2, 0.25) is 0 Å². The fourth-order valence-electron chi connectivity index (χ4n) is 7.83. The van der Waals surface area contributed by atoms with Crippen molar-refractivity contribution in [3.63, 3.8) is 0 Å². The third kappa shape index (κ3) is 44.0. The lowest BCUT2D eigenvalue weighted by atomic mass is 10.00. The Morgan fingerprint density at radius 2 is 0.603 bits per heavy atom. The van der Waals surface area contributed by atoms with Gasteiger partial charge in [-0.1, -0.05) is 252 Å². The zero-order valence-corrected chi connectivity index (χ0v) is 39.5. The maximum Gasteiger partial charge on any atom is 0.306 e. The average molecular weight is 821 g/mol. The van der Waals surface area contributed by atoms with Crippen molar-refractivity contribution >= 4 is 17.9 Å². The van der Waals surface area contributed by atoms with Crippen LogP contribution in [0.4, 0.5) is 0 Å². The number of rotatable bonds is 47. The van der Waals surface area contributed by atoms with E-state index in [1.54, 1.807) is 0 Å². The number of hydrogen-bond donors (Lipinski definition) is 0. The highest BCUT2D eigenvalue weighted by Crippen LogP contribution is 2.17. The number of unbranched alkanes of at least 4 members (excludes halogenated alkanes) is 33. The lowest BCUT2D eigenvalue weighted by Gasteiger charge is -2.18. The Morgan fingerprint density at radius 1 is 0.345 bits per heavy atom. The summed E-state index contributed by atoms with van der Waals surface area (Å²) in [6.07, 6.45) is 48.0. The van der Waals surface area contributed by atoms with Crippen LogP contribution in [0.15, 0.2) is 0 Å². The summed E-state index contributed by atoms with van der Waals surface area (Å²) < 4.78 is 16.8. The Balaban J connectivity index is 4.29. The molecular formula is C52H100O6. The quantitative estimate of drug-likeness (QED) is 0.0346. The van der Waals surface area contributed by atoms with Crippen molar-refractivity contribution in [1.29, 1.82) is 0 Å². The molecule has 0 saturated carbocycles. The highest BCUT2D eigenvalue weighted by atomic mass is 16.6. The second kappa shape index (κ2) is 46.5. The minimum absolute atomic E-state index is 0.0634. The van der Waals surface area contributed by atoms with Crippen LogP contribution < -0.4 is 0 Å². The lowest BCUT2D eigenvalue weighted by molar-refractivity contribution is -0.167. The molecule has 0 aliphatic carbocycles. The third-order valence-corrected chi connectivity index (χ3v) is 12.2. The van der Waals surface area contributed by atoms with E-state index in [0.29, 0.717) is 19.3 Å². The molecular weight excluding hydrogens is 721 g/mol. The second-order valence-corrected chi connectivity index (χ2v) is 18.1. The standard InChI is InChI=1S/C52H100O6/c1-5-8-10-12-14-16-18-20-22-23-25-27-29-31-37-41-45-52(55)58-49(47-57-51(54)44-40-36-33-32-34-38-42-48(4)7-3)46-56-50(53)43-39-35-30-28-26-24-21-19-17-15-13-11-9-6-2/h48-49H,5-47H2,1-4H3/t48?,49-/m1/s1. The lowest BCUT2D eigenvalue weighted by Crippen LogP contribution is -2.30. The van der Waals surface area contributed by atoms with Gasteiger partial charge in [0.1, 0.15) is 13.2 Å². The van der Waals surface area contributed by atoms with Crippen molar-refractivity contribution in [3.8, 4) is 0 Å². The minimum Gasteiger partial charge on any atom is -0.462 e. The summed E-state index contributed by atoms with van der Waals surface area (Å²) >= 11 is 0. The second-order valence-electron chi connectivity index (χ2n) is 18.1. The number of esters is 3. The van der Waals surface area contributed by atoms with Gasteiger partial charge in [-0.3, -0.25) is 14.4 Å². The van der Waals surface area contributed by atoms with Gasteiger partial charge < -0.3 is 14.2 Å². The summed E-state index contributed by atoms with van der Waals surface area (Å²) in [4.78, 5) is 37.9. The largest absolute Gasteiger partial charge is 0.462 e. The fraction of sp³-hybridized carbons (Fsp3) is 0.942. The van der Waals surface area contributed by atoms with E-state index < -0.39 is 6.10 Å². The first-order valence-corrected chi connectivity index (χ1v) is 25.9. The van der Waals surface area contributed by atoms with Gasteiger partial charge in [-0.05, 0) is 25.2 Å². The summed E-state index contributed by atoms with van der Waals surface area (Å²) in [6.45, 7) is 9.00. The molecule has 1 unspecified atom stereocenters. The van der Waals surface area contributed by atoms with Crippen LogP contribution in [-0.2, 0) is 28.6 Å². The highest BCUT2D eigenvalue weighted by Gasteiger charge is 2.19. The molecule has 0 fully saturated rings. The zero-order chi connectivity index (χ0) is 42.4. The molecule has 0 aromatic carbocycles. The van der Waals surface area contributed by atoms with Gasteiger partial charge >= 0.3 is 17.9 Å². The Hall–Kier alpha value is -1.59. The minimum atomic E-state index is -0.761. The van der Waals surface area contributed by atoms with Crippen LogP contribution in [0.5, 0.6) is 0 Å². The van der Waals surface area contributed by atoms with E-state index in [1.165, 1.54) is 186 Å². The fourth-order valence-corrected chi connectivity index (χ4v) is 7.83. The van der Waals surface area contributed by atoms with Crippen molar-refractivity contribution < 1.29 is 28.6 Å².